The molecule has 2 atom stereocenters. The minimum Gasteiger partial charge on any atom is -0.484 e. The second-order valence-electron chi connectivity index (χ2n) is 10.3. The molecule has 1 aliphatic rings. The van der Waals surface area contributed by atoms with Gasteiger partial charge in [-0.3, -0.25) is 4.79 Å². The SMILES string of the molecule is CC(C)(C)OC(=O)NC1c2cc(CC(=O)O)ccc2OC(C)(C)C1OC(=O)OC(C)(C)C. The van der Waals surface area contributed by atoms with Crippen LogP contribution in [0.2, 0.25) is 0 Å². The average molecular weight is 452 g/mol. The molecule has 0 aliphatic carbocycles. The number of hydrogen-bond donors (Lipinski definition) is 2. The van der Waals surface area contributed by atoms with E-state index in [9.17, 15) is 14.4 Å². The Morgan fingerprint density at radius 1 is 1.06 bits per heavy atom. The summed E-state index contributed by atoms with van der Waals surface area (Å²) < 4.78 is 22.4. The van der Waals surface area contributed by atoms with Crippen LogP contribution in [0.25, 0.3) is 0 Å². The van der Waals surface area contributed by atoms with Crippen molar-refractivity contribution in [1.29, 1.82) is 0 Å². The highest BCUT2D eigenvalue weighted by Gasteiger charge is 2.48. The topological polar surface area (TPSA) is 120 Å². The average Bonchev–Trinajstić information content (AvgIpc) is 2.54. The predicted octanol–water partition coefficient (Wildman–Crippen LogP) is 4.37. The zero-order valence-corrected chi connectivity index (χ0v) is 19.9. The Labute approximate surface area is 188 Å². The standard InChI is InChI=1S/C23H33NO8/c1-21(2,3)31-19(27)24-17-14-11-13(12-16(25)26)9-10-15(14)30-23(7,8)18(17)29-20(28)32-22(4,5)6/h9-11,17-18H,12H2,1-8H3,(H,24,27)(H,25,26). The number of amides is 1. The molecule has 1 amide bonds. The summed E-state index contributed by atoms with van der Waals surface area (Å²) in [4.78, 5) is 36.3. The molecule has 0 saturated carbocycles. The van der Waals surface area contributed by atoms with E-state index in [-0.39, 0.29) is 6.42 Å². The van der Waals surface area contributed by atoms with Crippen LogP contribution in [-0.2, 0) is 25.4 Å². The van der Waals surface area contributed by atoms with Gasteiger partial charge in [0.1, 0.15) is 28.6 Å². The molecular formula is C23H33NO8. The lowest BCUT2D eigenvalue weighted by atomic mass is 9.85. The molecule has 2 N–H and O–H groups in total. The largest absolute Gasteiger partial charge is 0.509 e. The summed E-state index contributed by atoms with van der Waals surface area (Å²) in [6, 6.07) is 4.03. The van der Waals surface area contributed by atoms with Crippen LogP contribution in [0.15, 0.2) is 18.2 Å². The lowest BCUT2D eigenvalue weighted by molar-refractivity contribution is -0.136. The van der Waals surface area contributed by atoms with Gasteiger partial charge in [-0.1, -0.05) is 6.07 Å². The molecule has 0 radical (unpaired) electrons. The minimum atomic E-state index is -1.04. The van der Waals surface area contributed by atoms with E-state index in [1.54, 1.807) is 73.6 Å². The van der Waals surface area contributed by atoms with Gasteiger partial charge in [-0.05, 0) is 73.1 Å². The maximum Gasteiger partial charge on any atom is 0.509 e. The van der Waals surface area contributed by atoms with Gasteiger partial charge in [0.05, 0.1) is 6.42 Å². The highest BCUT2D eigenvalue weighted by Crippen LogP contribution is 2.42. The molecule has 1 aromatic carbocycles. The lowest BCUT2D eigenvalue weighted by Gasteiger charge is -2.44. The first-order valence-electron chi connectivity index (χ1n) is 10.4. The van der Waals surface area contributed by atoms with Gasteiger partial charge in [-0.25, -0.2) is 9.59 Å². The molecule has 32 heavy (non-hydrogen) atoms. The number of ether oxygens (including phenoxy) is 4. The van der Waals surface area contributed by atoms with E-state index < -0.39 is 47.2 Å². The molecule has 0 spiro atoms. The Hall–Kier alpha value is -2.97. The molecule has 2 rings (SSSR count). The fourth-order valence-electron chi connectivity index (χ4n) is 3.30. The fraction of sp³-hybridized carbons (Fsp3) is 0.609. The zero-order chi connectivity index (χ0) is 24.5. The number of fused-ring (bicyclic) bond motifs is 1. The second-order valence-corrected chi connectivity index (χ2v) is 10.3. The van der Waals surface area contributed by atoms with E-state index in [1.807, 2.05) is 0 Å². The minimum absolute atomic E-state index is 0.215. The van der Waals surface area contributed by atoms with Gasteiger partial charge >= 0.3 is 18.2 Å². The van der Waals surface area contributed by atoms with Crippen LogP contribution in [-0.4, -0.2) is 46.2 Å². The first-order chi connectivity index (χ1) is 14.5. The molecule has 0 aromatic heterocycles. The van der Waals surface area contributed by atoms with Crippen LogP contribution in [0.1, 0.15) is 72.6 Å². The Morgan fingerprint density at radius 2 is 1.66 bits per heavy atom. The van der Waals surface area contributed by atoms with E-state index >= 15 is 0 Å². The van der Waals surface area contributed by atoms with E-state index in [1.165, 1.54) is 0 Å². The van der Waals surface area contributed by atoms with Gasteiger partial charge < -0.3 is 29.4 Å². The number of carbonyl (C=O) groups excluding carboxylic acids is 2. The quantitative estimate of drug-likeness (QED) is 0.648. The maximum atomic E-state index is 12.6. The first-order valence-corrected chi connectivity index (χ1v) is 10.4. The van der Waals surface area contributed by atoms with Crippen molar-refractivity contribution in [2.45, 2.75) is 90.8 Å². The predicted molar refractivity (Wildman–Crippen MR) is 116 cm³/mol. The van der Waals surface area contributed by atoms with Gasteiger partial charge in [-0.2, -0.15) is 0 Å². The van der Waals surface area contributed by atoms with Crippen molar-refractivity contribution in [2.24, 2.45) is 0 Å². The summed E-state index contributed by atoms with van der Waals surface area (Å²) in [6.45, 7) is 13.8. The monoisotopic (exact) mass is 451 g/mol. The van der Waals surface area contributed by atoms with Gasteiger partial charge in [0.2, 0.25) is 0 Å². The number of alkyl carbamates (subject to hydrolysis) is 1. The Bertz CT molecular complexity index is 879. The summed E-state index contributed by atoms with van der Waals surface area (Å²) in [6.07, 6.45) is -2.83. The highest BCUT2D eigenvalue weighted by atomic mass is 16.7. The van der Waals surface area contributed by atoms with Crippen molar-refractivity contribution < 1.29 is 38.4 Å². The van der Waals surface area contributed by atoms with Gasteiger partial charge in [0.25, 0.3) is 0 Å². The summed E-state index contributed by atoms with van der Waals surface area (Å²) in [5.41, 5.74) is -1.59. The van der Waals surface area contributed by atoms with Crippen molar-refractivity contribution >= 4 is 18.2 Å². The Kier molecular flexibility index (Phi) is 7.02. The van der Waals surface area contributed by atoms with Crippen molar-refractivity contribution in [1.82, 2.24) is 5.32 Å². The Balaban J connectivity index is 2.47. The fourth-order valence-corrected chi connectivity index (χ4v) is 3.30. The van der Waals surface area contributed by atoms with Gasteiger partial charge in [0, 0.05) is 5.56 Å². The Morgan fingerprint density at radius 3 is 2.19 bits per heavy atom. The molecule has 0 saturated heterocycles. The number of carboxylic acids is 1. The van der Waals surface area contributed by atoms with Crippen LogP contribution in [0, 0.1) is 0 Å². The van der Waals surface area contributed by atoms with E-state index in [0.29, 0.717) is 16.9 Å². The van der Waals surface area contributed by atoms with E-state index in [0.717, 1.165) is 0 Å². The molecule has 9 nitrogen and oxygen atoms in total. The number of rotatable bonds is 4. The van der Waals surface area contributed by atoms with E-state index in [2.05, 4.69) is 5.32 Å². The normalized spacial score (nSPS) is 19.8. The molecule has 1 heterocycles. The van der Waals surface area contributed by atoms with Crippen molar-refractivity contribution in [3.8, 4) is 5.75 Å². The van der Waals surface area contributed by atoms with Gasteiger partial charge in [0.15, 0.2) is 6.10 Å². The number of hydrogen-bond acceptors (Lipinski definition) is 7. The molecule has 178 valence electrons. The number of nitrogens with one attached hydrogen (secondary N) is 1. The summed E-state index contributed by atoms with van der Waals surface area (Å²) >= 11 is 0. The number of aliphatic carboxylic acids is 1. The summed E-state index contributed by atoms with van der Waals surface area (Å²) in [5, 5.41) is 11.9. The number of benzene rings is 1. The zero-order valence-electron chi connectivity index (χ0n) is 19.9. The maximum absolute atomic E-state index is 12.6. The summed E-state index contributed by atoms with van der Waals surface area (Å²) in [7, 11) is 0. The molecule has 1 aromatic rings. The van der Waals surface area contributed by atoms with E-state index in [4.69, 9.17) is 24.1 Å². The van der Waals surface area contributed by atoms with Crippen molar-refractivity contribution in [3.63, 3.8) is 0 Å². The highest BCUT2D eigenvalue weighted by molar-refractivity contribution is 5.71. The third-order valence-electron chi connectivity index (χ3n) is 4.41. The van der Waals surface area contributed by atoms with Gasteiger partial charge in [-0.15, -0.1) is 0 Å². The van der Waals surface area contributed by atoms with Crippen LogP contribution < -0.4 is 10.1 Å². The third-order valence-corrected chi connectivity index (χ3v) is 4.41. The number of carbonyl (C=O) groups is 3. The summed E-state index contributed by atoms with van der Waals surface area (Å²) in [5.74, 6) is -0.561. The molecule has 0 fully saturated rings. The molecule has 1 aliphatic heterocycles. The molecule has 2 unspecified atom stereocenters. The molecular weight excluding hydrogens is 418 g/mol. The number of carboxylic acid groups (broad SMARTS) is 1. The van der Waals surface area contributed by atoms with Crippen LogP contribution in [0.5, 0.6) is 5.75 Å². The smallest absolute Gasteiger partial charge is 0.484 e. The third kappa shape index (κ3) is 7.03. The van der Waals surface area contributed by atoms with Crippen LogP contribution >= 0.6 is 0 Å². The van der Waals surface area contributed by atoms with Crippen LogP contribution in [0.4, 0.5) is 9.59 Å². The van der Waals surface area contributed by atoms with Crippen molar-refractivity contribution in [3.05, 3.63) is 29.3 Å². The lowest BCUT2D eigenvalue weighted by Crippen LogP contribution is -2.56. The van der Waals surface area contributed by atoms with Crippen LogP contribution in [0.3, 0.4) is 0 Å². The molecule has 0 bridgehead atoms. The molecule has 9 heteroatoms. The first kappa shape index (κ1) is 25.3. The van der Waals surface area contributed by atoms with Crippen molar-refractivity contribution in [2.75, 3.05) is 0 Å². The second kappa shape index (κ2) is 8.88.